The minimum Gasteiger partial charge on any atom is -0.395 e. The van der Waals surface area contributed by atoms with Crippen LogP contribution in [0.5, 0.6) is 0 Å². The van der Waals surface area contributed by atoms with Gasteiger partial charge >= 0.3 is 0 Å². The van der Waals surface area contributed by atoms with Crippen LogP contribution < -0.4 is 5.73 Å². The monoisotopic (exact) mass is 269 g/mol. The molecule has 1 saturated carbocycles. The molecule has 1 aliphatic carbocycles. The summed E-state index contributed by atoms with van der Waals surface area (Å²) in [4.78, 5) is 16.7. The van der Waals surface area contributed by atoms with Crippen LogP contribution in [0.4, 0.5) is 0 Å². The highest BCUT2D eigenvalue weighted by molar-refractivity contribution is 5.79. The van der Waals surface area contributed by atoms with Gasteiger partial charge in [0.15, 0.2) is 0 Å². The van der Waals surface area contributed by atoms with Crippen molar-refractivity contribution in [2.24, 2.45) is 11.7 Å². The molecule has 2 rings (SSSR count). The molecular formula is C14H27N3O2. The normalized spacial score (nSPS) is 30.1. The van der Waals surface area contributed by atoms with E-state index in [1.807, 2.05) is 4.90 Å². The molecule has 2 atom stereocenters. The van der Waals surface area contributed by atoms with Crippen molar-refractivity contribution >= 4 is 5.91 Å². The molecule has 5 heteroatoms. The van der Waals surface area contributed by atoms with Crippen LogP contribution in [0.15, 0.2) is 0 Å². The molecule has 1 saturated heterocycles. The van der Waals surface area contributed by atoms with Crippen molar-refractivity contribution in [2.75, 3.05) is 39.3 Å². The van der Waals surface area contributed by atoms with E-state index in [0.717, 1.165) is 51.9 Å². The van der Waals surface area contributed by atoms with Crippen molar-refractivity contribution < 1.29 is 9.90 Å². The minimum atomic E-state index is 0.0342. The zero-order valence-electron chi connectivity index (χ0n) is 11.8. The fraction of sp³-hybridized carbons (Fsp3) is 0.929. The number of hydrogen-bond donors (Lipinski definition) is 2. The highest BCUT2D eigenvalue weighted by Gasteiger charge is 2.31. The lowest BCUT2D eigenvalue weighted by Crippen LogP contribution is -2.52. The lowest BCUT2D eigenvalue weighted by Gasteiger charge is -2.37. The van der Waals surface area contributed by atoms with E-state index in [1.165, 1.54) is 6.42 Å². The first-order valence-corrected chi connectivity index (χ1v) is 7.60. The van der Waals surface area contributed by atoms with E-state index in [1.54, 1.807) is 0 Å². The number of nitrogens with two attached hydrogens (primary N) is 1. The number of carbonyl (C=O) groups is 1. The molecule has 1 heterocycles. The van der Waals surface area contributed by atoms with Crippen LogP contribution in [0.25, 0.3) is 0 Å². The van der Waals surface area contributed by atoms with Crippen LogP contribution in [0.1, 0.15) is 32.1 Å². The average Bonchev–Trinajstić information content (AvgIpc) is 2.64. The summed E-state index contributed by atoms with van der Waals surface area (Å²) >= 11 is 0. The quantitative estimate of drug-likeness (QED) is 0.709. The van der Waals surface area contributed by atoms with Crippen molar-refractivity contribution in [1.82, 2.24) is 9.80 Å². The molecule has 19 heavy (non-hydrogen) atoms. The first-order chi connectivity index (χ1) is 9.22. The van der Waals surface area contributed by atoms with Crippen LogP contribution in [-0.2, 0) is 4.79 Å². The van der Waals surface area contributed by atoms with Crippen molar-refractivity contribution in [3.05, 3.63) is 0 Å². The maximum atomic E-state index is 12.6. The SMILES string of the molecule is NC1CCCCCC1C(=O)N1CCN(CCO)CC1. The predicted molar refractivity (Wildman–Crippen MR) is 74.7 cm³/mol. The van der Waals surface area contributed by atoms with Crippen molar-refractivity contribution in [1.29, 1.82) is 0 Å². The highest BCUT2D eigenvalue weighted by atomic mass is 16.3. The van der Waals surface area contributed by atoms with Gasteiger partial charge in [-0.3, -0.25) is 9.69 Å². The van der Waals surface area contributed by atoms with Gasteiger partial charge in [-0.15, -0.1) is 0 Å². The number of carbonyl (C=O) groups excluding carboxylic acids is 1. The molecule has 5 nitrogen and oxygen atoms in total. The van der Waals surface area contributed by atoms with Gasteiger partial charge in [-0.25, -0.2) is 0 Å². The summed E-state index contributed by atoms with van der Waals surface area (Å²) in [6, 6.07) is 0.0467. The first-order valence-electron chi connectivity index (χ1n) is 7.60. The third-order valence-corrected chi connectivity index (χ3v) is 4.49. The topological polar surface area (TPSA) is 69.8 Å². The van der Waals surface area contributed by atoms with E-state index < -0.39 is 0 Å². The van der Waals surface area contributed by atoms with E-state index in [-0.39, 0.29) is 24.5 Å². The summed E-state index contributed by atoms with van der Waals surface area (Å²) in [6.07, 6.45) is 5.45. The van der Waals surface area contributed by atoms with Crippen LogP contribution in [0.3, 0.4) is 0 Å². The largest absolute Gasteiger partial charge is 0.395 e. The van der Waals surface area contributed by atoms with Crippen LogP contribution in [0.2, 0.25) is 0 Å². The fourth-order valence-electron chi connectivity index (χ4n) is 3.21. The summed E-state index contributed by atoms with van der Waals surface area (Å²) in [5.74, 6) is 0.296. The molecule has 2 fully saturated rings. The summed E-state index contributed by atoms with van der Waals surface area (Å²) in [5.41, 5.74) is 6.17. The number of nitrogens with zero attached hydrogens (tertiary/aromatic N) is 2. The van der Waals surface area contributed by atoms with Gasteiger partial charge in [-0.2, -0.15) is 0 Å². The second kappa shape index (κ2) is 7.22. The minimum absolute atomic E-state index is 0.0342. The Labute approximate surface area is 115 Å². The van der Waals surface area contributed by atoms with Gasteiger partial charge in [-0.1, -0.05) is 19.3 Å². The summed E-state index contributed by atoms with van der Waals surface area (Å²) in [7, 11) is 0. The van der Waals surface area contributed by atoms with E-state index in [2.05, 4.69) is 4.90 Å². The Kier molecular flexibility index (Phi) is 5.60. The second-order valence-electron chi connectivity index (χ2n) is 5.80. The smallest absolute Gasteiger partial charge is 0.227 e. The molecule has 0 aromatic rings. The van der Waals surface area contributed by atoms with Crippen LogP contribution in [0, 0.1) is 5.92 Å². The zero-order valence-corrected chi connectivity index (χ0v) is 11.8. The fourth-order valence-corrected chi connectivity index (χ4v) is 3.21. The Morgan fingerprint density at radius 3 is 2.47 bits per heavy atom. The Morgan fingerprint density at radius 1 is 1.11 bits per heavy atom. The van der Waals surface area contributed by atoms with Crippen molar-refractivity contribution in [2.45, 2.75) is 38.1 Å². The number of aliphatic hydroxyl groups excluding tert-OH is 1. The Balaban J connectivity index is 1.85. The van der Waals surface area contributed by atoms with E-state index >= 15 is 0 Å². The Hall–Kier alpha value is -0.650. The summed E-state index contributed by atoms with van der Waals surface area (Å²) < 4.78 is 0. The predicted octanol–water partition coefficient (Wildman–Crippen LogP) is 0.0305. The molecule has 0 radical (unpaired) electrons. The average molecular weight is 269 g/mol. The van der Waals surface area contributed by atoms with E-state index in [4.69, 9.17) is 10.8 Å². The lowest BCUT2D eigenvalue weighted by molar-refractivity contribution is -0.138. The highest BCUT2D eigenvalue weighted by Crippen LogP contribution is 2.24. The van der Waals surface area contributed by atoms with Gasteiger partial charge in [0.05, 0.1) is 12.5 Å². The van der Waals surface area contributed by atoms with Crippen molar-refractivity contribution in [3.63, 3.8) is 0 Å². The van der Waals surface area contributed by atoms with E-state index in [0.29, 0.717) is 6.54 Å². The summed E-state index contributed by atoms with van der Waals surface area (Å²) in [5, 5.41) is 8.92. The molecule has 1 aliphatic heterocycles. The molecule has 0 bridgehead atoms. The lowest BCUT2D eigenvalue weighted by atomic mass is 9.93. The molecule has 110 valence electrons. The standard InChI is InChI=1S/C14H27N3O2/c15-13-5-3-1-2-4-12(13)14(19)17-8-6-16(7-9-17)10-11-18/h12-13,18H,1-11,15H2. The summed E-state index contributed by atoms with van der Waals surface area (Å²) in [6.45, 7) is 4.21. The Morgan fingerprint density at radius 2 is 1.79 bits per heavy atom. The molecule has 0 aromatic heterocycles. The third-order valence-electron chi connectivity index (χ3n) is 4.49. The zero-order chi connectivity index (χ0) is 13.7. The molecule has 0 aromatic carbocycles. The van der Waals surface area contributed by atoms with Gasteiger partial charge in [-0.05, 0) is 12.8 Å². The van der Waals surface area contributed by atoms with Crippen LogP contribution >= 0.6 is 0 Å². The maximum Gasteiger partial charge on any atom is 0.227 e. The van der Waals surface area contributed by atoms with Gasteiger partial charge in [0.25, 0.3) is 0 Å². The second-order valence-corrected chi connectivity index (χ2v) is 5.80. The van der Waals surface area contributed by atoms with Gasteiger partial charge in [0, 0.05) is 38.8 Å². The number of hydrogen-bond acceptors (Lipinski definition) is 4. The van der Waals surface area contributed by atoms with Crippen LogP contribution in [-0.4, -0.2) is 66.2 Å². The van der Waals surface area contributed by atoms with Crippen molar-refractivity contribution in [3.8, 4) is 0 Å². The molecule has 2 unspecified atom stereocenters. The molecule has 2 aliphatic rings. The maximum absolute atomic E-state index is 12.6. The van der Waals surface area contributed by atoms with Gasteiger partial charge in [0.1, 0.15) is 0 Å². The number of β-amino-alcohol motifs (C(OH)–C–C–N with tert-alkyl or cyclic N) is 1. The molecule has 1 amide bonds. The molecule has 0 spiro atoms. The first kappa shape index (κ1) is 14.8. The number of piperazine rings is 1. The Bertz CT molecular complexity index is 290. The number of amides is 1. The molecule has 3 N–H and O–H groups in total. The van der Waals surface area contributed by atoms with Gasteiger partial charge < -0.3 is 15.7 Å². The third kappa shape index (κ3) is 3.91. The van der Waals surface area contributed by atoms with E-state index in [9.17, 15) is 4.79 Å². The number of rotatable bonds is 3. The molecular weight excluding hydrogens is 242 g/mol. The number of aliphatic hydroxyl groups is 1. The van der Waals surface area contributed by atoms with Gasteiger partial charge in [0.2, 0.25) is 5.91 Å².